The van der Waals surface area contributed by atoms with Crippen LogP contribution in [-0.2, 0) is 6.54 Å². The highest BCUT2D eigenvalue weighted by atomic mass is 19.1. The van der Waals surface area contributed by atoms with Gasteiger partial charge >= 0.3 is 0 Å². The Kier molecular flexibility index (Phi) is 4.33. The van der Waals surface area contributed by atoms with Gasteiger partial charge in [0.25, 0.3) is 0 Å². The molecule has 2 rings (SSSR count). The smallest absolute Gasteiger partial charge is 0.123 e. The first kappa shape index (κ1) is 13.8. The van der Waals surface area contributed by atoms with E-state index in [1.54, 1.807) is 6.07 Å². The second-order valence-electron chi connectivity index (χ2n) is 4.83. The topological polar surface area (TPSA) is 12.0 Å². The van der Waals surface area contributed by atoms with Gasteiger partial charge < -0.3 is 5.32 Å². The predicted molar refractivity (Wildman–Crippen MR) is 78.7 cm³/mol. The molecule has 0 spiro atoms. The standard InChI is InChI=1S/C17H20FN/c1-4-19-11-14-10-15(18)8-9-17(14)16-7-5-6-12(2)13(16)3/h5-10,19H,4,11H2,1-3H3. The SMILES string of the molecule is CCNCc1cc(F)ccc1-c1cccc(C)c1C. The van der Waals surface area contributed by atoms with Crippen molar-refractivity contribution in [3.05, 3.63) is 58.9 Å². The summed E-state index contributed by atoms with van der Waals surface area (Å²) in [5.74, 6) is -0.179. The molecule has 0 saturated carbocycles. The first-order chi connectivity index (χ1) is 9.13. The zero-order valence-corrected chi connectivity index (χ0v) is 11.8. The molecular formula is C17H20FN. The highest BCUT2D eigenvalue weighted by Gasteiger charge is 2.09. The summed E-state index contributed by atoms with van der Waals surface area (Å²) < 4.78 is 13.4. The van der Waals surface area contributed by atoms with Crippen LogP contribution in [0.25, 0.3) is 11.1 Å². The minimum Gasteiger partial charge on any atom is -0.313 e. The van der Waals surface area contributed by atoms with E-state index in [2.05, 4.69) is 44.3 Å². The maximum absolute atomic E-state index is 13.4. The van der Waals surface area contributed by atoms with Crippen molar-refractivity contribution in [2.45, 2.75) is 27.3 Å². The van der Waals surface area contributed by atoms with E-state index in [1.165, 1.54) is 22.8 Å². The Bertz CT molecular complexity index is 575. The Balaban J connectivity index is 2.51. The summed E-state index contributed by atoms with van der Waals surface area (Å²) in [5.41, 5.74) is 5.83. The fourth-order valence-electron chi connectivity index (χ4n) is 2.27. The molecule has 0 aliphatic heterocycles. The van der Waals surface area contributed by atoms with Crippen LogP contribution in [0.4, 0.5) is 4.39 Å². The van der Waals surface area contributed by atoms with Gasteiger partial charge in [-0.05, 0) is 60.3 Å². The van der Waals surface area contributed by atoms with E-state index >= 15 is 0 Å². The first-order valence-corrected chi connectivity index (χ1v) is 6.69. The van der Waals surface area contributed by atoms with Gasteiger partial charge in [-0.1, -0.05) is 31.2 Å². The number of nitrogens with one attached hydrogen (secondary N) is 1. The maximum Gasteiger partial charge on any atom is 0.123 e. The van der Waals surface area contributed by atoms with Gasteiger partial charge in [0.15, 0.2) is 0 Å². The van der Waals surface area contributed by atoms with Crippen LogP contribution in [0.5, 0.6) is 0 Å². The number of hydrogen-bond acceptors (Lipinski definition) is 1. The monoisotopic (exact) mass is 257 g/mol. The summed E-state index contributed by atoms with van der Waals surface area (Å²) in [6, 6.07) is 11.3. The lowest BCUT2D eigenvalue weighted by atomic mass is 9.93. The van der Waals surface area contributed by atoms with Crippen molar-refractivity contribution in [1.82, 2.24) is 5.32 Å². The molecule has 0 amide bonds. The number of benzene rings is 2. The van der Waals surface area contributed by atoms with Crippen LogP contribution in [0.15, 0.2) is 36.4 Å². The Hall–Kier alpha value is -1.67. The van der Waals surface area contributed by atoms with Gasteiger partial charge in [0, 0.05) is 6.54 Å². The van der Waals surface area contributed by atoms with E-state index < -0.39 is 0 Å². The lowest BCUT2D eigenvalue weighted by Crippen LogP contribution is -2.13. The molecule has 0 fully saturated rings. The molecular weight excluding hydrogens is 237 g/mol. The Morgan fingerprint density at radius 3 is 2.58 bits per heavy atom. The molecule has 100 valence electrons. The molecule has 2 aromatic rings. The van der Waals surface area contributed by atoms with Gasteiger partial charge in [0.05, 0.1) is 0 Å². The van der Waals surface area contributed by atoms with Crippen molar-refractivity contribution in [2.75, 3.05) is 6.54 Å². The number of aryl methyl sites for hydroxylation is 1. The summed E-state index contributed by atoms with van der Waals surface area (Å²) in [7, 11) is 0. The van der Waals surface area contributed by atoms with E-state index in [0.29, 0.717) is 6.54 Å². The van der Waals surface area contributed by atoms with Crippen molar-refractivity contribution in [3.8, 4) is 11.1 Å². The predicted octanol–water partition coefficient (Wildman–Crippen LogP) is 4.22. The third kappa shape index (κ3) is 3.02. The van der Waals surface area contributed by atoms with Crippen molar-refractivity contribution >= 4 is 0 Å². The van der Waals surface area contributed by atoms with Crippen LogP contribution in [-0.4, -0.2) is 6.54 Å². The van der Waals surface area contributed by atoms with E-state index in [1.807, 2.05) is 6.07 Å². The number of rotatable bonds is 4. The van der Waals surface area contributed by atoms with Crippen LogP contribution in [0.1, 0.15) is 23.6 Å². The molecule has 0 aliphatic carbocycles. The molecule has 0 atom stereocenters. The summed E-state index contributed by atoms with van der Waals surface area (Å²) >= 11 is 0. The molecule has 0 bridgehead atoms. The van der Waals surface area contributed by atoms with Crippen LogP contribution in [0.3, 0.4) is 0 Å². The zero-order chi connectivity index (χ0) is 13.8. The van der Waals surface area contributed by atoms with Gasteiger partial charge in [-0.25, -0.2) is 4.39 Å². The second kappa shape index (κ2) is 5.98. The first-order valence-electron chi connectivity index (χ1n) is 6.69. The Morgan fingerprint density at radius 2 is 1.84 bits per heavy atom. The van der Waals surface area contributed by atoms with Gasteiger partial charge in [-0.3, -0.25) is 0 Å². The third-order valence-electron chi connectivity index (χ3n) is 3.53. The highest BCUT2D eigenvalue weighted by Crippen LogP contribution is 2.29. The van der Waals surface area contributed by atoms with Gasteiger partial charge in [0.1, 0.15) is 5.82 Å². The van der Waals surface area contributed by atoms with E-state index in [0.717, 1.165) is 17.7 Å². The van der Waals surface area contributed by atoms with E-state index in [-0.39, 0.29) is 5.82 Å². The Morgan fingerprint density at radius 1 is 1.05 bits per heavy atom. The van der Waals surface area contributed by atoms with Crippen LogP contribution < -0.4 is 5.32 Å². The molecule has 1 N–H and O–H groups in total. The van der Waals surface area contributed by atoms with Crippen LogP contribution in [0, 0.1) is 19.7 Å². The average Bonchev–Trinajstić information content (AvgIpc) is 2.40. The van der Waals surface area contributed by atoms with Crippen molar-refractivity contribution in [1.29, 1.82) is 0 Å². The normalized spacial score (nSPS) is 10.7. The molecule has 19 heavy (non-hydrogen) atoms. The molecule has 0 radical (unpaired) electrons. The fraction of sp³-hybridized carbons (Fsp3) is 0.294. The fourth-order valence-corrected chi connectivity index (χ4v) is 2.27. The van der Waals surface area contributed by atoms with Gasteiger partial charge in [-0.15, -0.1) is 0 Å². The molecule has 0 unspecified atom stereocenters. The van der Waals surface area contributed by atoms with E-state index in [9.17, 15) is 4.39 Å². The second-order valence-corrected chi connectivity index (χ2v) is 4.83. The van der Waals surface area contributed by atoms with Crippen LogP contribution >= 0.6 is 0 Å². The number of hydrogen-bond donors (Lipinski definition) is 1. The maximum atomic E-state index is 13.4. The average molecular weight is 257 g/mol. The summed E-state index contributed by atoms with van der Waals surface area (Å²) in [6.07, 6.45) is 0. The molecule has 1 nitrogen and oxygen atoms in total. The number of halogens is 1. The zero-order valence-electron chi connectivity index (χ0n) is 11.8. The minimum atomic E-state index is -0.179. The van der Waals surface area contributed by atoms with Gasteiger partial charge in [-0.2, -0.15) is 0 Å². The van der Waals surface area contributed by atoms with Crippen molar-refractivity contribution in [3.63, 3.8) is 0 Å². The highest BCUT2D eigenvalue weighted by molar-refractivity contribution is 5.71. The lowest BCUT2D eigenvalue weighted by molar-refractivity contribution is 0.622. The summed E-state index contributed by atoms with van der Waals surface area (Å²) in [6.45, 7) is 7.84. The molecule has 2 heteroatoms. The molecule has 0 aliphatic rings. The summed E-state index contributed by atoms with van der Waals surface area (Å²) in [5, 5.41) is 3.27. The molecule has 0 aromatic heterocycles. The van der Waals surface area contributed by atoms with Crippen LogP contribution in [0.2, 0.25) is 0 Å². The quantitative estimate of drug-likeness (QED) is 0.864. The lowest BCUT2D eigenvalue weighted by Gasteiger charge is -2.14. The van der Waals surface area contributed by atoms with Crippen molar-refractivity contribution in [2.24, 2.45) is 0 Å². The summed E-state index contributed by atoms with van der Waals surface area (Å²) in [4.78, 5) is 0. The van der Waals surface area contributed by atoms with Gasteiger partial charge in [0.2, 0.25) is 0 Å². The van der Waals surface area contributed by atoms with E-state index in [4.69, 9.17) is 0 Å². The van der Waals surface area contributed by atoms with Crippen molar-refractivity contribution < 1.29 is 4.39 Å². The Labute approximate surface area is 114 Å². The molecule has 2 aromatic carbocycles. The minimum absolute atomic E-state index is 0.179. The largest absolute Gasteiger partial charge is 0.313 e. The third-order valence-corrected chi connectivity index (χ3v) is 3.53. The molecule has 0 saturated heterocycles. The molecule has 0 heterocycles.